The summed E-state index contributed by atoms with van der Waals surface area (Å²) in [6.07, 6.45) is 4.34. The molecule has 0 saturated heterocycles. The first-order valence-corrected chi connectivity index (χ1v) is 7.07. The molecule has 1 aliphatic carbocycles. The molecule has 0 aliphatic heterocycles. The molecule has 1 atom stereocenters. The molecular formula is C15H20N2O4. The summed E-state index contributed by atoms with van der Waals surface area (Å²) < 4.78 is 0. The van der Waals surface area contributed by atoms with Crippen LogP contribution in [0.1, 0.15) is 49.9 Å². The number of nitrogens with one attached hydrogen (secondary N) is 1. The number of hydrogen-bond donors (Lipinski definition) is 2. The van der Waals surface area contributed by atoms with E-state index in [1.807, 2.05) is 0 Å². The lowest BCUT2D eigenvalue weighted by Crippen LogP contribution is -2.31. The Balaban J connectivity index is 2.19. The van der Waals surface area contributed by atoms with Crippen LogP contribution in [0.5, 0.6) is 0 Å². The molecule has 21 heavy (non-hydrogen) atoms. The normalized spacial score (nSPS) is 20.8. The third-order valence-corrected chi connectivity index (χ3v) is 4.00. The second-order valence-corrected chi connectivity index (χ2v) is 6.40. The minimum absolute atomic E-state index is 0.267. The lowest BCUT2D eigenvalue weighted by atomic mass is 9.75. The van der Waals surface area contributed by atoms with E-state index in [2.05, 4.69) is 19.2 Å². The van der Waals surface area contributed by atoms with Gasteiger partial charge in [0.2, 0.25) is 0 Å². The fraction of sp³-hybridized carbons (Fsp3) is 0.533. The Morgan fingerprint density at radius 1 is 1.48 bits per heavy atom. The molecule has 1 fully saturated rings. The zero-order valence-electron chi connectivity index (χ0n) is 12.3. The van der Waals surface area contributed by atoms with Crippen molar-refractivity contribution in [2.75, 3.05) is 5.32 Å². The smallest absolute Gasteiger partial charge is 0.342 e. The van der Waals surface area contributed by atoms with Crippen LogP contribution in [0.3, 0.4) is 0 Å². The van der Waals surface area contributed by atoms with Crippen LogP contribution in [0.15, 0.2) is 18.2 Å². The molecule has 2 rings (SSSR count). The highest BCUT2D eigenvalue weighted by Crippen LogP contribution is 2.36. The van der Waals surface area contributed by atoms with Crippen molar-refractivity contribution in [3.63, 3.8) is 0 Å². The topological polar surface area (TPSA) is 92.5 Å². The van der Waals surface area contributed by atoms with E-state index < -0.39 is 10.9 Å². The minimum atomic E-state index is -1.29. The molecular weight excluding hydrogens is 272 g/mol. The number of anilines is 1. The number of carbonyl (C=O) groups is 1. The number of aromatic carboxylic acids is 1. The monoisotopic (exact) mass is 292 g/mol. The molecule has 0 aromatic heterocycles. The van der Waals surface area contributed by atoms with Gasteiger partial charge in [-0.3, -0.25) is 10.1 Å². The number of nitro benzene ring substituents is 1. The van der Waals surface area contributed by atoms with Crippen molar-refractivity contribution in [3.05, 3.63) is 33.9 Å². The molecule has 0 radical (unpaired) electrons. The van der Waals surface area contributed by atoms with Crippen LogP contribution in [-0.2, 0) is 0 Å². The van der Waals surface area contributed by atoms with Gasteiger partial charge in [-0.2, -0.15) is 0 Å². The first-order valence-electron chi connectivity index (χ1n) is 7.07. The average molecular weight is 292 g/mol. The van der Waals surface area contributed by atoms with Crippen LogP contribution < -0.4 is 5.32 Å². The average Bonchev–Trinajstić information content (AvgIpc) is 2.37. The molecule has 6 heteroatoms. The maximum Gasteiger partial charge on any atom is 0.342 e. The first-order chi connectivity index (χ1) is 9.78. The van der Waals surface area contributed by atoms with Gasteiger partial charge < -0.3 is 10.4 Å². The fourth-order valence-corrected chi connectivity index (χ4v) is 3.01. The molecule has 114 valence electrons. The van der Waals surface area contributed by atoms with Crippen molar-refractivity contribution < 1.29 is 14.8 Å². The summed E-state index contributed by atoms with van der Waals surface area (Å²) >= 11 is 0. The highest BCUT2D eigenvalue weighted by atomic mass is 16.6. The summed E-state index contributed by atoms with van der Waals surface area (Å²) in [7, 11) is 0. The number of carboxylic acid groups (broad SMARTS) is 1. The van der Waals surface area contributed by atoms with E-state index in [1.54, 1.807) is 6.07 Å². The van der Waals surface area contributed by atoms with Gasteiger partial charge in [0.15, 0.2) is 0 Å². The van der Waals surface area contributed by atoms with Gasteiger partial charge in [-0.15, -0.1) is 0 Å². The largest absolute Gasteiger partial charge is 0.477 e. The summed E-state index contributed by atoms with van der Waals surface area (Å²) in [5.41, 5.74) is 0.217. The Hall–Kier alpha value is -2.11. The maximum atomic E-state index is 11.0. The molecule has 2 N–H and O–H groups in total. The van der Waals surface area contributed by atoms with Gasteiger partial charge in [0, 0.05) is 17.8 Å². The van der Waals surface area contributed by atoms with Gasteiger partial charge in [0.05, 0.1) is 4.92 Å². The molecule has 0 spiro atoms. The Kier molecular flexibility index (Phi) is 4.16. The van der Waals surface area contributed by atoms with Gasteiger partial charge >= 0.3 is 5.97 Å². The lowest BCUT2D eigenvalue weighted by molar-refractivity contribution is -0.385. The first kappa shape index (κ1) is 15.3. The second kappa shape index (κ2) is 5.71. The van der Waals surface area contributed by atoms with E-state index in [4.69, 9.17) is 5.11 Å². The lowest BCUT2D eigenvalue weighted by Gasteiger charge is -2.36. The van der Waals surface area contributed by atoms with E-state index in [9.17, 15) is 14.9 Å². The van der Waals surface area contributed by atoms with Crippen LogP contribution in [0.25, 0.3) is 0 Å². The van der Waals surface area contributed by atoms with Gasteiger partial charge in [0.1, 0.15) is 5.56 Å². The van der Waals surface area contributed by atoms with Crippen molar-refractivity contribution in [3.8, 4) is 0 Å². The van der Waals surface area contributed by atoms with Crippen molar-refractivity contribution >= 4 is 17.3 Å². The Morgan fingerprint density at radius 3 is 2.76 bits per heavy atom. The van der Waals surface area contributed by atoms with Crippen LogP contribution in [0.2, 0.25) is 0 Å². The quantitative estimate of drug-likeness (QED) is 0.652. The molecule has 1 aromatic rings. The molecule has 1 unspecified atom stereocenters. The number of nitro groups is 1. The number of carboxylic acids is 1. The van der Waals surface area contributed by atoms with Crippen LogP contribution >= 0.6 is 0 Å². The summed E-state index contributed by atoms with van der Waals surface area (Å²) in [5.74, 6) is -1.29. The Morgan fingerprint density at radius 2 is 2.19 bits per heavy atom. The van der Waals surface area contributed by atoms with E-state index >= 15 is 0 Å². The zero-order valence-corrected chi connectivity index (χ0v) is 12.3. The standard InChI is InChI=1S/C15H20N2O4/c1-15(2)7-3-4-11(9-15)16-10-5-6-12(14(18)19)13(8-10)17(20)21/h5-6,8,11,16H,3-4,7,9H2,1-2H3,(H,18,19). The molecule has 0 bridgehead atoms. The zero-order chi connectivity index (χ0) is 15.6. The SMILES string of the molecule is CC1(C)CCCC(Nc2ccc(C(=O)O)c([N+](=O)[O-])c2)C1. The van der Waals surface area contributed by atoms with Crippen LogP contribution in [0, 0.1) is 15.5 Å². The summed E-state index contributed by atoms with van der Waals surface area (Å²) in [5, 5.41) is 23.3. The molecule has 1 aromatic carbocycles. The number of hydrogen-bond acceptors (Lipinski definition) is 4. The number of nitrogens with zero attached hydrogens (tertiary/aromatic N) is 1. The molecule has 0 amide bonds. The van der Waals surface area contributed by atoms with E-state index in [0.29, 0.717) is 5.69 Å². The third kappa shape index (κ3) is 3.71. The van der Waals surface area contributed by atoms with Gasteiger partial charge in [-0.1, -0.05) is 20.3 Å². The summed E-state index contributed by atoms with van der Waals surface area (Å²) in [6.45, 7) is 4.44. The molecule has 1 aliphatic rings. The van der Waals surface area contributed by atoms with Crippen LogP contribution in [0.4, 0.5) is 11.4 Å². The summed E-state index contributed by atoms with van der Waals surface area (Å²) in [4.78, 5) is 21.3. The van der Waals surface area contributed by atoms with Crippen LogP contribution in [-0.4, -0.2) is 22.0 Å². The van der Waals surface area contributed by atoms with E-state index in [1.165, 1.54) is 18.6 Å². The predicted molar refractivity (Wildman–Crippen MR) is 79.7 cm³/mol. The molecule has 1 saturated carbocycles. The minimum Gasteiger partial charge on any atom is -0.477 e. The van der Waals surface area contributed by atoms with Crippen molar-refractivity contribution in [2.24, 2.45) is 5.41 Å². The van der Waals surface area contributed by atoms with Gasteiger partial charge in [-0.05, 0) is 36.8 Å². The van der Waals surface area contributed by atoms with Crippen molar-refractivity contribution in [1.29, 1.82) is 0 Å². The molecule has 6 nitrogen and oxygen atoms in total. The predicted octanol–water partition coefficient (Wildman–Crippen LogP) is 3.67. The number of benzene rings is 1. The second-order valence-electron chi connectivity index (χ2n) is 6.40. The Labute approximate surface area is 123 Å². The van der Waals surface area contributed by atoms with Gasteiger partial charge in [-0.25, -0.2) is 4.79 Å². The van der Waals surface area contributed by atoms with E-state index in [0.717, 1.165) is 19.3 Å². The van der Waals surface area contributed by atoms with Gasteiger partial charge in [0.25, 0.3) is 5.69 Å². The van der Waals surface area contributed by atoms with Crippen molar-refractivity contribution in [2.45, 2.75) is 45.6 Å². The molecule has 0 heterocycles. The fourth-order valence-electron chi connectivity index (χ4n) is 3.01. The number of rotatable bonds is 4. The van der Waals surface area contributed by atoms with Crippen molar-refractivity contribution in [1.82, 2.24) is 0 Å². The third-order valence-electron chi connectivity index (χ3n) is 4.00. The maximum absolute atomic E-state index is 11.0. The Bertz CT molecular complexity index is 569. The summed E-state index contributed by atoms with van der Waals surface area (Å²) in [6, 6.07) is 4.46. The van der Waals surface area contributed by atoms with E-state index in [-0.39, 0.29) is 22.7 Å². The highest BCUT2D eigenvalue weighted by Gasteiger charge is 2.28. The highest BCUT2D eigenvalue weighted by molar-refractivity contribution is 5.93.